The third kappa shape index (κ3) is 4.80. The number of hydrogen-bond acceptors (Lipinski definition) is 6. The van der Waals surface area contributed by atoms with E-state index >= 15 is 0 Å². The number of nitrogens with zero attached hydrogens (tertiary/aromatic N) is 2. The van der Waals surface area contributed by atoms with E-state index in [9.17, 15) is 22.8 Å². The number of nitrogens with one attached hydrogen (secondary N) is 2. The van der Waals surface area contributed by atoms with Crippen LogP contribution in [-0.2, 0) is 30.8 Å². The van der Waals surface area contributed by atoms with Gasteiger partial charge in [-0.1, -0.05) is 24.3 Å². The Morgan fingerprint density at radius 1 is 1.11 bits per heavy atom. The van der Waals surface area contributed by atoms with Crippen LogP contribution in [0.5, 0.6) is 0 Å². The Bertz CT molecular complexity index is 1580. The van der Waals surface area contributed by atoms with Gasteiger partial charge < -0.3 is 10.3 Å². The molecule has 11 heteroatoms. The third-order valence-corrected chi connectivity index (χ3v) is 9.53. The number of para-hydroxylation sites is 1. The highest BCUT2D eigenvalue weighted by Gasteiger charge is 2.47. The van der Waals surface area contributed by atoms with Crippen LogP contribution in [0.25, 0.3) is 10.9 Å². The van der Waals surface area contributed by atoms with E-state index in [0.717, 1.165) is 37.0 Å². The molecule has 37 heavy (non-hydrogen) atoms. The van der Waals surface area contributed by atoms with Gasteiger partial charge in [-0.25, -0.2) is 13.3 Å². The average molecular weight is 537 g/mol. The van der Waals surface area contributed by atoms with Gasteiger partial charge in [-0.2, -0.15) is 4.31 Å². The first kappa shape index (κ1) is 24.9. The minimum atomic E-state index is -4.04. The molecule has 1 fully saturated rings. The van der Waals surface area contributed by atoms with Crippen LogP contribution in [0.4, 0.5) is 11.4 Å². The molecule has 1 atom stereocenters. The van der Waals surface area contributed by atoms with Crippen molar-refractivity contribution in [2.24, 2.45) is 0 Å². The van der Waals surface area contributed by atoms with E-state index in [2.05, 4.69) is 10.3 Å². The quantitative estimate of drug-likeness (QED) is 0.333. The van der Waals surface area contributed by atoms with E-state index in [0.29, 0.717) is 17.8 Å². The maximum atomic E-state index is 13.7. The molecular formula is C26H24N4O5S2. The average Bonchev–Trinajstić information content (AvgIpc) is 3.60. The number of sulfonamides is 1. The third-order valence-electron chi connectivity index (χ3n) is 6.25. The number of fused-ring (bicyclic) bond motifs is 1. The number of thiophene rings is 1. The van der Waals surface area contributed by atoms with Gasteiger partial charge in [0.2, 0.25) is 11.8 Å². The van der Waals surface area contributed by atoms with Crippen molar-refractivity contribution in [3.8, 4) is 0 Å². The molecule has 1 saturated heterocycles. The van der Waals surface area contributed by atoms with Gasteiger partial charge in [0.1, 0.15) is 10.3 Å². The fourth-order valence-corrected chi connectivity index (χ4v) is 7.25. The van der Waals surface area contributed by atoms with E-state index in [1.165, 1.54) is 13.0 Å². The summed E-state index contributed by atoms with van der Waals surface area (Å²) in [4.78, 5) is 42.0. The van der Waals surface area contributed by atoms with Crippen LogP contribution in [0, 0.1) is 0 Å². The lowest BCUT2D eigenvalue weighted by Crippen LogP contribution is -2.46. The zero-order valence-electron chi connectivity index (χ0n) is 19.9. The van der Waals surface area contributed by atoms with Crippen molar-refractivity contribution in [1.29, 1.82) is 0 Å². The molecule has 9 nitrogen and oxygen atoms in total. The van der Waals surface area contributed by atoms with Gasteiger partial charge in [0.15, 0.2) is 0 Å². The maximum absolute atomic E-state index is 13.7. The maximum Gasteiger partial charge on any atom is 0.253 e. The number of hydrogen-bond donors (Lipinski definition) is 2. The van der Waals surface area contributed by atoms with Gasteiger partial charge in [0.25, 0.3) is 15.9 Å². The second-order valence-corrected chi connectivity index (χ2v) is 11.7. The van der Waals surface area contributed by atoms with Crippen molar-refractivity contribution in [2.45, 2.75) is 30.0 Å². The number of carbonyl (C=O) groups excluding carboxylic acids is 3. The topological polar surface area (TPSA) is 120 Å². The molecule has 3 heterocycles. The largest absolute Gasteiger partial charge is 0.361 e. The van der Waals surface area contributed by atoms with E-state index in [1.807, 2.05) is 30.5 Å². The molecule has 0 spiro atoms. The number of imide groups is 1. The molecule has 4 aromatic rings. The monoisotopic (exact) mass is 536 g/mol. The summed E-state index contributed by atoms with van der Waals surface area (Å²) in [6.07, 6.45) is 1.94. The number of amides is 3. The van der Waals surface area contributed by atoms with Crippen LogP contribution in [0.1, 0.15) is 18.9 Å². The summed E-state index contributed by atoms with van der Waals surface area (Å²) in [7, 11) is -4.04. The van der Waals surface area contributed by atoms with Crippen LogP contribution in [0.3, 0.4) is 0 Å². The van der Waals surface area contributed by atoms with Crippen molar-refractivity contribution in [1.82, 2.24) is 9.29 Å². The van der Waals surface area contributed by atoms with Gasteiger partial charge in [-0.3, -0.25) is 14.4 Å². The number of anilines is 2. The summed E-state index contributed by atoms with van der Waals surface area (Å²) >= 11 is 1.07. The number of benzene rings is 2. The number of carbonyl (C=O) groups is 3. The summed E-state index contributed by atoms with van der Waals surface area (Å²) in [5.41, 5.74) is 2.69. The van der Waals surface area contributed by atoms with Gasteiger partial charge in [0, 0.05) is 36.3 Å². The van der Waals surface area contributed by atoms with Crippen LogP contribution in [0.15, 0.2) is 76.4 Å². The van der Waals surface area contributed by atoms with Crippen LogP contribution in [-0.4, -0.2) is 48.0 Å². The molecule has 0 aliphatic carbocycles. The number of H-pyrrole nitrogens is 1. The molecule has 5 rings (SSSR count). The lowest BCUT2D eigenvalue weighted by atomic mass is 10.1. The van der Waals surface area contributed by atoms with Crippen molar-refractivity contribution in [3.05, 3.63) is 77.8 Å². The van der Waals surface area contributed by atoms with Gasteiger partial charge in [-0.05, 0) is 53.8 Å². The Balaban J connectivity index is 1.45. The standard InChI is InChI=1S/C26H24N4O5S2/c1-17(31)28-19-8-10-20(11-9-19)30-24(32)15-23(26(30)33)29(37(34,35)25-7-4-14-36-25)13-12-18-16-27-22-6-3-2-5-21(18)22/h2-11,14,16,23,27H,12-13,15H2,1H3,(H,28,31). The molecule has 0 radical (unpaired) electrons. The summed E-state index contributed by atoms with van der Waals surface area (Å²) in [6.45, 7) is 1.41. The zero-order valence-corrected chi connectivity index (χ0v) is 21.5. The van der Waals surface area contributed by atoms with Crippen molar-refractivity contribution < 1.29 is 22.8 Å². The SMILES string of the molecule is CC(=O)Nc1ccc(N2C(=O)CC(N(CCc3c[nH]c4ccccc34)S(=O)(=O)c3cccs3)C2=O)cc1. The van der Waals surface area contributed by atoms with Crippen molar-refractivity contribution in [3.63, 3.8) is 0 Å². The number of rotatable bonds is 8. The summed E-state index contributed by atoms with van der Waals surface area (Å²) in [6, 6.07) is 16.0. The highest BCUT2D eigenvalue weighted by atomic mass is 32.2. The number of aromatic nitrogens is 1. The fraction of sp³-hybridized carbons (Fsp3) is 0.192. The van der Waals surface area contributed by atoms with Crippen LogP contribution in [0.2, 0.25) is 0 Å². The molecule has 0 saturated carbocycles. The Morgan fingerprint density at radius 3 is 2.57 bits per heavy atom. The summed E-state index contributed by atoms with van der Waals surface area (Å²) < 4.78 is 28.6. The van der Waals surface area contributed by atoms with Gasteiger partial charge in [-0.15, -0.1) is 11.3 Å². The minimum Gasteiger partial charge on any atom is -0.361 e. The van der Waals surface area contributed by atoms with E-state index in [1.54, 1.807) is 35.7 Å². The molecule has 2 aromatic carbocycles. The van der Waals surface area contributed by atoms with Gasteiger partial charge in [0.05, 0.1) is 12.1 Å². The fourth-order valence-electron chi connectivity index (χ4n) is 4.55. The normalized spacial score (nSPS) is 16.2. The summed E-state index contributed by atoms with van der Waals surface area (Å²) in [5, 5.41) is 5.27. The van der Waals surface area contributed by atoms with E-state index in [4.69, 9.17) is 0 Å². The highest BCUT2D eigenvalue weighted by molar-refractivity contribution is 7.91. The highest BCUT2D eigenvalue weighted by Crippen LogP contribution is 2.32. The first-order valence-electron chi connectivity index (χ1n) is 11.6. The molecule has 190 valence electrons. The summed E-state index contributed by atoms with van der Waals surface area (Å²) in [5.74, 6) is -1.33. The number of aromatic amines is 1. The Hall–Kier alpha value is -3.80. The van der Waals surface area contributed by atoms with Crippen LogP contribution >= 0.6 is 11.3 Å². The van der Waals surface area contributed by atoms with E-state index in [-0.39, 0.29) is 23.1 Å². The predicted octanol–water partition coefficient (Wildman–Crippen LogP) is 3.75. The Morgan fingerprint density at radius 2 is 1.86 bits per heavy atom. The first-order chi connectivity index (χ1) is 17.8. The van der Waals surface area contributed by atoms with Crippen molar-refractivity contribution in [2.75, 3.05) is 16.8 Å². The lowest BCUT2D eigenvalue weighted by molar-refractivity contribution is -0.122. The Kier molecular flexibility index (Phi) is 6.67. The second kappa shape index (κ2) is 9.92. The van der Waals surface area contributed by atoms with Crippen LogP contribution < -0.4 is 10.2 Å². The molecule has 2 aromatic heterocycles. The lowest BCUT2D eigenvalue weighted by Gasteiger charge is -2.26. The molecule has 1 aliphatic heterocycles. The molecule has 0 bridgehead atoms. The molecule has 3 amide bonds. The Labute approximate surface area is 217 Å². The minimum absolute atomic E-state index is 0.0288. The molecule has 1 aliphatic rings. The van der Waals surface area contributed by atoms with E-state index < -0.39 is 27.9 Å². The smallest absolute Gasteiger partial charge is 0.253 e. The molecular weight excluding hydrogens is 512 g/mol. The predicted molar refractivity (Wildman–Crippen MR) is 142 cm³/mol. The second-order valence-electron chi connectivity index (χ2n) is 8.67. The van der Waals surface area contributed by atoms with Gasteiger partial charge >= 0.3 is 0 Å². The zero-order chi connectivity index (χ0) is 26.2. The molecule has 1 unspecified atom stereocenters. The van der Waals surface area contributed by atoms with Crippen molar-refractivity contribution >= 4 is 61.4 Å². The molecule has 2 N–H and O–H groups in total. The first-order valence-corrected chi connectivity index (χ1v) is 13.9.